The summed E-state index contributed by atoms with van der Waals surface area (Å²) in [6.45, 7) is 0. The molecule has 17 rings (SSSR count). The quantitative estimate of drug-likeness (QED) is 0.172. The number of aromatic nitrogens is 3. The first-order valence-corrected chi connectivity index (χ1v) is 26.5. The molecule has 0 saturated carbocycles. The van der Waals surface area contributed by atoms with Crippen LogP contribution in [0.3, 0.4) is 0 Å². The predicted octanol–water partition coefficient (Wildman–Crippen LogP) is 18.7. The molecule has 0 amide bonds. The first kappa shape index (κ1) is 41.7. The highest BCUT2D eigenvalue weighted by Crippen LogP contribution is 2.64. The van der Waals surface area contributed by atoms with Crippen LogP contribution in [0.5, 0.6) is 0 Å². The van der Waals surface area contributed by atoms with Crippen LogP contribution in [0, 0.1) is 0 Å². The van der Waals surface area contributed by atoms with E-state index in [4.69, 9.17) is 23.8 Å². The molecule has 352 valence electrons. The summed E-state index contributed by atoms with van der Waals surface area (Å²) in [5.74, 6) is 1.72. The number of hydrogen-bond acceptors (Lipinski definition) is 6. The molecule has 0 radical (unpaired) electrons. The number of hydrogen-bond donors (Lipinski definition) is 0. The van der Waals surface area contributed by atoms with E-state index in [2.05, 4.69) is 206 Å². The van der Waals surface area contributed by atoms with E-state index in [0.717, 1.165) is 82.6 Å². The van der Waals surface area contributed by atoms with Crippen molar-refractivity contribution in [2.75, 3.05) is 0 Å². The summed E-state index contributed by atoms with van der Waals surface area (Å²) in [6, 6.07) is 85.1. The number of para-hydroxylation sites is 1. The number of thiophene rings is 1. The Morgan fingerprint density at radius 2 is 0.816 bits per heavy atom. The van der Waals surface area contributed by atoms with Crippen molar-refractivity contribution in [2.45, 2.75) is 5.41 Å². The highest BCUT2D eigenvalue weighted by atomic mass is 32.1. The van der Waals surface area contributed by atoms with E-state index in [-0.39, 0.29) is 0 Å². The van der Waals surface area contributed by atoms with Gasteiger partial charge in [0.2, 0.25) is 0 Å². The highest BCUT2D eigenvalue weighted by molar-refractivity contribution is 7.25. The fraction of sp³-hybridized carbons (Fsp3) is 0.0143. The second-order valence-corrected chi connectivity index (χ2v) is 21.2. The minimum absolute atomic E-state index is 0.411. The Morgan fingerprint density at radius 3 is 1.64 bits per heavy atom. The van der Waals surface area contributed by atoms with Crippen molar-refractivity contribution in [3.63, 3.8) is 0 Å². The van der Waals surface area contributed by atoms with E-state index in [0.29, 0.717) is 17.5 Å². The molecule has 0 N–H and O–H groups in total. The van der Waals surface area contributed by atoms with Gasteiger partial charge < -0.3 is 8.83 Å². The van der Waals surface area contributed by atoms with Crippen LogP contribution in [0.25, 0.3) is 143 Å². The molecule has 2 aliphatic carbocycles. The third-order valence-electron chi connectivity index (χ3n) is 16.2. The van der Waals surface area contributed by atoms with Gasteiger partial charge in [-0.1, -0.05) is 182 Å². The number of benzene rings is 11. The third kappa shape index (κ3) is 5.76. The maximum Gasteiger partial charge on any atom is 0.164 e. The summed E-state index contributed by atoms with van der Waals surface area (Å²) in [5, 5.41) is 6.38. The molecule has 0 unspecified atom stereocenters. The molecule has 1 spiro atoms. The van der Waals surface area contributed by atoms with Crippen molar-refractivity contribution < 1.29 is 8.83 Å². The van der Waals surface area contributed by atoms with Crippen LogP contribution >= 0.6 is 11.3 Å². The van der Waals surface area contributed by atoms with E-state index in [1.165, 1.54) is 64.9 Å². The summed E-state index contributed by atoms with van der Waals surface area (Å²) in [5.41, 5.74) is 20.5. The van der Waals surface area contributed by atoms with Crippen LogP contribution in [0.2, 0.25) is 0 Å². The zero-order valence-electron chi connectivity index (χ0n) is 40.6. The van der Waals surface area contributed by atoms with Gasteiger partial charge in [0.1, 0.15) is 22.3 Å². The van der Waals surface area contributed by atoms with E-state index in [1.807, 2.05) is 30.3 Å². The van der Waals surface area contributed by atoms with Crippen LogP contribution in [-0.2, 0) is 5.41 Å². The van der Waals surface area contributed by atoms with Crippen LogP contribution in [-0.4, -0.2) is 15.0 Å². The maximum atomic E-state index is 6.70. The zero-order valence-corrected chi connectivity index (χ0v) is 41.4. The summed E-state index contributed by atoms with van der Waals surface area (Å²) in [6.07, 6.45) is 0. The second-order valence-electron chi connectivity index (χ2n) is 20.1. The van der Waals surface area contributed by atoms with E-state index in [9.17, 15) is 0 Å². The van der Waals surface area contributed by atoms with E-state index >= 15 is 0 Å². The Hall–Kier alpha value is -9.75. The fourth-order valence-electron chi connectivity index (χ4n) is 13.0. The molecule has 0 atom stereocenters. The second kappa shape index (κ2) is 15.6. The van der Waals surface area contributed by atoms with Gasteiger partial charge in [-0.3, -0.25) is 0 Å². The molecule has 4 aromatic heterocycles. The fourth-order valence-corrected chi connectivity index (χ4v) is 14.1. The van der Waals surface area contributed by atoms with Crippen LogP contribution in [0.15, 0.2) is 245 Å². The molecule has 0 saturated heterocycles. The molecule has 0 fully saturated rings. The zero-order chi connectivity index (χ0) is 49.6. The molecule has 76 heavy (non-hydrogen) atoms. The lowest BCUT2D eigenvalue weighted by Gasteiger charge is -2.30. The molecular weight excluding hydrogens is 947 g/mol. The number of nitrogens with zero attached hydrogens (tertiary/aromatic N) is 3. The van der Waals surface area contributed by atoms with Crippen LogP contribution in [0.4, 0.5) is 0 Å². The van der Waals surface area contributed by atoms with Gasteiger partial charge in [-0.25, -0.2) is 15.0 Å². The van der Waals surface area contributed by atoms with Crippen LogP contribution < -0.4 is 0 Å². The van der Waals surface area contributed by atoms with Gasteiger partial charge in [0.05, 0.1) is 5.41 Å². The van der Waals surface area contributed by atoms with Crippen LogP contribution in [0.1, 0.15) is 22.3 Å². The third-order valence-corrected chi connectivity index (χ3v) is 17.3. The Labute approximate surface area is 439 Å². The van der Waals surface area contributed by atoms with Gasteiger partial charge in [0, 0.05) is 58.4 Å². The molecule has 4 heterocycles. The number of furan rings is 2. The van der Waals surface area contributed by atoms with Crippen molar-refractivity contribution in [3.8, 4) is 78.7 Å². The van der Waals surface area contributed by atoms with Crippen molar-refractivity contribution in [2.24, 2.45) is 0 Å². The molecular formula is C70H39N3O2S. The number of rotatable bonds is 5. The summed E-state index contributed by atoms with van der Waals surface area (Å²) in [4.78, 5) is 16.1. The monoisotopic (exact) mass is 985 g/mol. The van der Waals surface area contributed by atoms with E-state index in [1.54, 1.807) is 11.3 Å². The van der Waals surface area contributed by atoms with E-state index < -0.39 is 5.41 Å². The standard InChI is InChI=1S/C70H39N3O2S/c1-6-25-54-45(17-1)46-18-2-7-26-55(46)70(54)56-27-8-3-20-49(56)64-44(22-12-28-57(64)70)42-16-11-15-40(37-42)41-34-36-59-53(38-41)65-51(23-13-30-60(65)74-59)68-71-67(43-33-35-48-47-19-4-9-29-58(47)75-61(48)39-43)72-69(73-68)52-24-14-32-63-66(52)50-21-5-10-31-62(50)76-63/h1-39H. The lowest BCUT2D eigenvalue weighted by atomic mass is 9.70. The average Bonchev–Trinajstić information content (AvgIpc) is 4.33. The first-order valence-electron chi connectivity index (χ1n) is 25.7. The lowest BCUT2D eigenvalue weighted by molar-refractivity contribution is 0.668. The van der Waals surface area contributed by atoms with Gasteiger partial charge in [0.15, 0.2) is 17.5 Å². The predicted molar refractivity (Wildman–Crippen MR) is 311 cm³/mol. The minimum atomic E-state index is -0.411. The van der Waals surface area contributed by atoms with Gasteiger partial charge in [0.25, 0.3) is 0 Å². The van der Waals surface area contributed by atoms with Crippen molar-refractivity contribution in [1.29, 1.82) is 0 Å². The highest BCUT2D eigenvalue weighted by Gasteiger charge is 2.52. The Balaban J connectivity index is 0.833. The molecule has 2 aliphatic rings. The average molecular weight is 986 g/mol. The molecule has 11 aromatic carbocycles. The van der Waals surface area contributed by atoms with Crippen molar-refractivity contribution >= 4 is 75.4 Å². The molecule has 0 aliphatic heterocycles. The Morgan fingerprint density at radius 1 is 0.289 bits per heavy atom. The largest absolute Gasteiger partial charge is 0.456 e. The Bertz CT molecular complexity index is 4930. The van der Waals surface area contributed by atoms with Gasteiger partial charge in [-0.05, 0) is 121 Å². The van der Waals surface area contributed by atoms with Gasteiger partial charge in [-0.15, -0.1) is 11.3 Å². The topological polar surface area (TPSA) is 65.0 Å². The molecule has 0 bridgehead atoms. The minimum Gasteiger partial charge on any atom is -0.456 e. The molecule has 15 aromatic rings. The summed E-state index contributed by atoms with van der Waals surface area (Å²) >= 11 is 1.78. The maximum absolute atomic E-state index is 6.70. The van der Waals surface area contributed by atoms with Gasteiger partial charge >= 0.3 is 0 Å². The first-order chi connectivity index (χ1) is 37.7. The molecule has 6 heteroatoms. The van der Waals surface area contributed by atoms with Gasteiger partial charge in [-0.2, -0.15) is 0 Å². The molecule has 5 nitrogen and oxygen atoms in total. The van der Waals surface area contributed by atoms with Crippen molar-refractivity contribution in [1.82, 2.24) is 15.0 Å². The van der Waals surface area contributed by atoms with Crippen molar-refractivity contribution in [3.05, 3.63) is 259 Å². The summed E-state index contributed by atoms with van der Waals surface area (Å²) < 4.78 is 15.5. The summed E-state index contributed by atoms with van der Waals surface area (Å²) in [7, 11) is 0. The normalized spacial score (nSPS) is 13.1. The smallest absolute Gasteiger partial charge is 0.164 e. The number of fused-ring (bicyclic) bond motifs is 19. The Kier molecular flexibility index (Phi) is 8.58. The SMILES string of the molecule is c1cc(-c2ccc3oc4cccc(-c5nc(-c6ccc7c(c6)oc6ccccc67)nc(-c6cccc7sc8ccccc8c67)n5)c4c3c2)cc(-c2cccc3c2-c2ccccc2C32c3ccccc3-c3ccccc32)c1. The lowest BCUT2D eigenvalue weighted by Crippen LogP contribution is -2.25.